The molecule has 0 saturated carbocycles. The van der Waals surface area contributed by atoms with Crippen molar-refractivity contribution in [2.24, 2.45) is 0 Å². The van der Waals surface area contributed by atoms with Crippen molar-refractivity contribution >= 4 is 44.8 Å². The van der Waals surface area contributed by atoms with Gasteiger partial charge in [0.05, 0.1) is 10.0 Å². The molecule has 1 aromatic carbocycles. The van der Waals surface area contributed by atoms with Crippen LogP contribution >= 0.6 is 34.8 Å². The van der Waals surface area contributed by atoms with Crippen LogP contribution in [0, 0.1) is 0 Å². The van der Waals surface area contributed by atoms with Crippen LogP contribution in [0.25, 0.3) is 0 Å². The van der Waals surface area contributed by atoms with Gasteiger partial charge in [0.2, 0.25) is 10.0 Å². The molecule has 1 fully saturated rings. The zero-order valence-electron chi connectivity index (χ0n) is 10.6. The number of hydrogen-bond acceptors (Lipinski definition) is 3. The highest BCUT2D eigenvalue weighted by atomic mass is 35.5. The first-order valence-corrected chi connectivity index (χ1v) is 8.89. The smallest absolute Gasteiger partial charge is 0.243 e. The molecule has 0 unspecified atom stereocenters. The molecule has 8 heteroatoms. The van der Waals surface area contributed by atoms with Gasteiger partial charge in [-0.2, -0.15) is 0 Å². The van der Waals surface area contributed by atoms with Crippen LogP contribution in [0.1, 0.15) is 19.3 Å². The second kappa shape index (κ2) is 6.81. The Bertz CT molecular complexity index is 563. The monoisotopic (exact) mass is 356 g/mol. The van der Waals surface area contributed by atoms with E-state index in [4.69, 9.17) is 34.8 Å². The Hall–Kier alpha value is -0.0400. The molecular weight excluding hydrogens is 343 g/mol. The SMILES string of the molecule is O=S(=O)(NCC[C@H]1CCCN1)c1c(Cl)cc(Cl)cc1Cl. The lowest BCUT2D eigenvalue weighted by Gasteiger charge is -2.13. The number of nitrogens with one attached hydrogen (secondary N) is 2. The fourth-order valence-corrected chi connectivity index (χ4v) is 4.82. The van der Waals surface area contributed by atoms with Gasteiger partial charge in [0.15, 0.2) is 0 Å². The number of benzene rings is 1. The molecular formula is C12H15Cl3N2O2S. The third-order valence-electron chi connectivity index (χ3n) is 3.18. The second-order valence-electron chi connectivity index (χ2n) is 4.68. The summed E-state index contributed by atoms with van der Waals surface area (Å²) in [6, 6.07) is 3.10. The lowest BCUT2D eigenvalue weighted by Crippen LogP contribution is -2.31. The largest absolute Gasteiger partial charge is 0.314 e. The van der Waals surface area contributed by atoms with Crippen molar-refractivity contribution in [3.63, 3.8) is 0 Å². The zero-order valence-corrected chi connectivity index (χ0v) is 13.7. The minimum Gasteiger partial charge on any atom is -0.314 e. The molecule has 0 bridgehead atoms. The first-order chi connectivity index (χ1) is 9.40. The van der Waals surface area contributed by atoms with Gasteiger partial charge in [-0.1, -0.05) is 34.8 Å². The summed E-state index contributed by atoms with van der Waals surface area (Å²) in [6.45, 7) is 1.33. The number of rotatable bonds is 5. The minimum absolute atomic E-state index is 0.0222. The molecule has 1 saturated heterocycles. The van der Waals surface area contributed by atoms with Crippen molar-refractivity contribution in [3.8, 4) is 0 Å². The summed E-state index contributed by atoms with van der Waals surface area (Å²) >= 11 is 17.6. The van der Waals surface area contributed by atoms with Gasteiger partial charge in [0.1, 0.15) is 4.90 Å². The Balaban J connectivity index is 2.06. The quantitative estimate of drug-likeness (QED) is 0.851. The van der Waals surface area contributed by atoms with E-state index in [1.165, 1.54) is 12.1 Å². The van der Waals surface area contributed by atoms with Gasteiger partial charge in [-0.15, -0.1) is 0 Å². The summed E-state index contributed by atoms with van der Waals surface area (Å²) in [4.78, 5) is -0.121. The van der Waals surface area contributed by atoms with Gasteiger partial charge in [0, 0.05) is 17.6 Å². The van der Waals surface area contributed by atoms with E-state index in [9.17, 15) is 8.42 Å². The number of hydrogen-bond donors (Lipinski definition) is 2. The van der Waals surface area contributed by atoms with E-state index in [1.54, 1.807) is 0 Å². The van der Waals surface area contributed by atoms with Gasteiger partial charge < -0.3 is 5.32 Å². The third kappa shape index (κ3) is 4.00. The maximum atomic E-state index is 12.2. The normalized spacial score (nSPS) is 19.4. The predicted molar refractivity (Wildman–Crippen MR) is 82.3 cm³/mol. The van der Waals surface area contributed by atoms with Crippen LogP contribution in [0.15, 0.2) is 17.0 Å². The van der Waals surface area contributed by atoms with Crippen LogP contribution in [0.5, 0.6) is 0 Å². The molecule has 1 aromatic rings. The van der Waals surface area contributed by atoms with Crippen molar-refractivity contribution in [2.75, 3.05) is 13.1 Å². The fourth-order valence-electron chi connectivity index (χ4n) is 2.23. The van der Waals surface area contributed by atoms with Crippen molar-refractivity contribution < 1.29 is 8.42 Å². The van der Waals surface area contributed by atoms with E-state index in [0.29, 0.717) is 17.6 Å². The second-order valence-corrected chi connectivity index (χ2v) is 7.63. The molecule has 0 spiro atoms. The topological polar surface area (TPSA) is 58.2 Å². The Kier molecular flexibility index (Phi) is 5.56. The zero-order chi connectivity index (χ0) is 14.8. The Labute approximate surface area is 133 Å². The van der Waals surface area contributed by atoms with Gasteiger partial charge in [-0.25, -0.2) is 13.1 Å². The first kappa shape index (κ1) is 16.3. The average Bonchev–Trinajstić information content (AvgIpc) is 2.79. The Morgan fingerprint density at radius 2 is 1.90 bits per heavy atom. The van der Waals surface area contributed by atoms with E-state index in [0.717, 1.165) is 25.8 Å². The van der Waals surface area contributed by atoms with E-state index >= 15 is 0 Å². The van der Waals surface area contributed by atoms with E-state index in [-0.39, 0.29) is 14.9 Å². The van der Waals surface area contributed by atoms with Crippen LogP contribution in [0.2, 0.25) is 15.1 Å². The maximum Gasteiger partial charge on any atom is 0.243 e. The minimum atomic E-state index is -3.73. The van der Waals surface area contributed by atoms with E-state index in [2.05, 4.69) is 10.0 Å². The molecule has 2 rings (SSSR count). The van der Waals surface area contributed by atoms with E-state index in [1.807, 2.05) is 0 Å². The molecule has 0 radical (unpaired) electrons. The lowest BCUT2D eigenvalue weighted by molar-refractivity contribution is 0.539. The van der Waals surface area contributed by atoms with Gasteiger partial charge in [0.25, 0.3) is 0 Å². The summed E-state index contributed by atoms with van der Waals surface area (Å²) in [5, 5.41) is 3.65. The summed E-state index contributed by atoms with van der Waals surface area (Å²) in [7, 11) is -3.73. The van der Waals surface area contributed by atoms with Crippen molar-refractivity contribution in [1.82, 2.24) is 10.0 Å². The third-order valence-corrected chi connectivity index (χ3v) is 5.78. The Morgan fingerprint density at radius 1 is 1.25 bits per heavy atom. The molecule has 0 amide bonds. The number of halogens is 3. The number of sulfonamides is 1. The summed E-state index contributed by atoms with van der Waals surface area (Å²) in [5.41, 5.74) is 0. The van der Waals surface area contributed by atoms with Crippen molar-refractivity contribution in [1.29, 1.82) is 0 Å². The molecule has 1 atom stereocenters. The van der Waals surface area contributed by atoms with E-state index < -0.39 is 10.0 Å². The molecule has 1 aliphatic heterocycles. The first-order valence-electron chi connectivity index (χ1n) is 6.28. The Morgan fingerprint density at radius 3 is 2.45 bits per heavy atom. The predicted octanol–water partition coefficient (Wildman–Crippen LogP) is 3.07. The van der Waals surface area contributed by atoms with Crippen molar-refractivity contribution in [3.05, 3.63) is 27.2 Å². The standard InChI is InChI=1S/C12H15Cl3N2O2S/c13-8-6-10(14)12(11(15)7-8)20(18,19)17-5-3-9-2-1-4-16-9/h6-7,9,16-17H,1-5H2/t9-/m1/s1. The molecule has 1 heterocycles. The average molecular weight is 358 g/mol. The maximum absolute atomic E-state index is 12.2. The molecule has 112 valence electrons. The summed E-state index contributed by atoms with van der Waals surface area (Å²) < 4.78 is 27.0. The van der Waals surface area contributed by atoms with Crippen LogP contribution in [-0.4, -0.2) is 27.5 Å². The molecule has 0 aliphatic carbocycles. The van der Waals surface area contributed by atoms with Gasteiger partial charge in [-0.3, -0.25) is 0 Å². The molecule has 0 aromatic heterocycles. The van der Waals surface area contributed by atoms with Crippen LogP contribution in [0.4, 0.5) is 0 Å². The summed E-state index contributed by atoms with van der Waals surface area (Å²) in [5.74, 6) is 0. The highest BCUT2D eigenvalue weighted by molar-refractivity contribution is 7.89. The highest BCUT2D eigenvalue weighted by Gasteiger charge is 2.23. The van der Waals surface area contributed by atoms with Crippen molar-refractivity contribution in [2.45, 2.75) is 30.2 Å². The fraction of sp³-hybridized carbons (Fsp3) is 0.500. The molecule has 1 aliphatic rings. The highest BCUT2D eigenvalue weighted by Crippen LogP contribution is 2.32. The molecule has 2 N–H and O–H groups in total. The van der Waals surface area contributed by atoms with Crippen LogP contribution < -0.4 is 10.0 Å². The van der Waals surface area contributed by atoms with Crippen LogP contribution in [0.3, 0.4) is 0 Å². The molecule has 4 nitrogen and oxygen atoms in total. The summed E-state index contributed by atoms with van der Waals surface area (Å²) in [6.07, 6.45) is 2.94. The van der Waals surface area contributed by atoms with Gasteiger partial charge >= 0.3 is 0 Å². The van der Waals surface area contributed by atoms with Gasteiger partial charge in [-0.05, 0) is 37.9 Å². The molecule has 20 heavy (non-hydrogen) atoms. The lowest BCUT2D eigenvalue weighted by atomic mass is 10.2. The van der Waals surface area contributed by atoms with Crippen LogP contribution in [-0.2, 0) is 10.0 Å².